The molecule has 0 aliphatic rings. The smallest absolute Gasteiger partial charge is 0.0786 e. The monoisotopic (exact) mass is 687 g/mol. The van der Waals surface area contributed by atoms with Crippen molar-refractivity contribution in [2.45, 2.75) is 136 Å². The highest BCUT2D eigenvalue weighted by molar-refractivity contribution is 6.09. The van der Waals surface area contributed by atoms with Gasteiger partial charge in [-0.2, -0.15) is 0 Å². The average Bonchev–Trinajstić information content (AvgIpc) is 3.66. The number of pyridine rings is 2. The molecule has 6 aromatic rings. The first-order valence-electron chi connectivity index (χ1n) is 20.4. The third kappa shape index (κ3) is 9.02. The Hall–Kier alpha value is -3.74. The Bertz CT molecular complexity index is 1820. The Kier molecular flexibility index (Phi) is 13.9. The van der Waals surface area contributed by atoms with E-state index in [2.05, 4.69) is 88.5 Å². The van der Waals surface area contributed by atoms with Crippen LogP contribution in [0.5, 0.6) is 0 Å². The number of hydrogen-bond donors (Lipinski definition) is 1. The van der Waals surface area contributed by atoms with Crippen molar-refractivity contribution in [3.63, 3.8) is 0 Å². The number of rotatable bonds is 23. The lowest BCUT2D eigenvalue weighted by Gasteiger charge is -2.23. The van der Waals surface area contributed by atoms with E-state index in [1.807, 2.05) is 12.4 Å². The zero-order valence-electron chi connectivity index (χ0n) is 31.6. The molecule has 4 heterocycles. The Balaban J connectivity index is 1.33. The Labute approximate surface area is 306 Å². The third-order valence-electron chi connectivity index (χ3n) is 10.9. The highest BCUT2D eigenvalue weighted by Crippen LogP contribution is 2.34. The number of para-hydroxylation sites is 2. The largest absolute Gasteiger partial charge is 0.339 e. The van der Waals surface area contributed by atoms with Crippen molar-refractivity contribution in [3.8, 4) is 0 Å². The molecule has 0 fully saturated rings. The van der Waals surface area contributed by atoms with Gasteiger partial charge in [0.25, 0.3) is 0 Å². The van der Waals surface area contributed by atoms with Gasteiger partial charge in [-0.25, -0.2) is 0 Å². The van der Waals surface area contributed by atoms with Crippen molar-refractivity contribution in [2.24, 2.45) is 5.73 Å². The summed E-state index contributed by atoms with van der Waals surface area (Å²) in [6.07, 6.45) is 22.9. The van der Waals surface area contributed by atoms with Gasteiger partial charge in [0.15, 0.2) is 0 Å². The zero-order chi connectivity index (χ0) is 35.3. The Morgan fingerprint density at radius 1 is 0.510 bits per heavy atom. The number of unbranched alkanes of at least 4 members (excludes halogenated alkanes) is 12. The van der Waals surface area contributed by atoms with Gasteiger partial charge in [-0.3, -0.25) is 14.9 Å². The van der Waals surface area contributed by atoms with Gasteiger partial charge < -0.3 is 14.9 Å². The molecule has 0 spiro atoms. The summed E-state index contributed by atoms with van der Waals surface area (Å²) in [5.41, 5.74) is 13.6. The van der Waals surface area contributed by atoms with Crippen molar-refractivity contribution in [1.82, 2.24) is 24.0 Å². The minimum absolute atomic E-state index is 0.749. The summed E-state index contributed by atoms with van der Waals surface area (Å²) < 4.78 is 5.16. The summed E-state index contributed by atoms with van der Waals surface area (Å²) in [5.74, 6) is 0. The van der Waals surface area contributed by atoms with E-state index in [0.717, 1.165) is 58.5 Å². The van der Waals surface area contributed by atoms with Gasteiger partial charge >= 0.3 is 0 Å². The molecule has 2 aromatic carbocycles. The first kappa shape index (κ1) is 37.0. The lowest BCUT2D eigenvalue weighted by molar-refractivity contribution is 0.246. The molecule has 0 aliphatic carbocycles. The molecule has 6 rings (SSSR count). The second-order valence-electron chi connectivity index (χ2n) is 14.7. The Morgan fingerprint density at radius 2 is 0.961 bits per heavy atom. The number of nitrogens with zero attached hydrogens (tertiary/aromatic N) is 5. The number of hydrogen-bond acceptors (Lipinski definition) is 4. The van der Waals surface area contributed by atoms with E-state index in [9.17, 15) is 0 Å². The van der Waals surface area contributed by atoms with E-state index >= 15 is 0 Å². The highest BCUT2D eigenvalue weighted by atomic mass is 15.1. The van der Waals surface area contributed by atoms with Crippen LogP contribution in [0, 0.1) is 0 Å². The Morgan fingerprint density at radius 3 is 1.45 bits per heavy atom. The number of fused-ring (bicyclic) bond motifs is 6. The van der Waals surface area contributed by atoms with Crippen LogP contribution in [0.4, 0.5) is 0 Å². The van der Waals surface area contributed by atoms with Gasteiger partial charge in [-0.1, -0.05) is 121 Å². The van der Waals surface area contributed by atoms with E-state index in [1.165, 1.54) is 132 Å². The molecule has 272 valence electrons. The summed E-state index contributed by atoms with van der Waals surface area (Å²) in [6.45, 7) is 9.98. The molecule has 0 amide bonds. The molecule has 6 nitrogen and oxygen atoms in total. The van der Waals surface area contributed by atoms with Crippen LogP contribution in [-0.4, -0.2) is 37.1 Å². The van der Waals surface area contributed by atoms with Crippen LogP contribution < -0.4 is 5.73 Å². The van der Waals surface area contributed by atoms with Crippen LogP contribution in [0.3, 0.4) is 0 Å². The molecule has 0 aliphatic heterocycles. The number of nitrogens with two attached hydrogens (primary N) is 1. The van der Waals surface area contributed by atoms with Gasteiger partial charge in [-0.05, 0) is 63.0 Å². The molecule has 0 saturated carbocycles. The van der Waals surface area contributed by atoms with E-state index < -0.39 is 0 Å². The molecular formula is C45H62N6. The molecule has 0 saturated heterocycles. The van der Waals surface area contributed by atoms with E-state index in [4.69, 9.17) is 15.7 Å². The highest BCUT2D eigenvalue weighted by Gasteiger charge is 2.20. The standard InChI is InChI=1S/C45H62N6/c1-3-5-7-9-11-20-32-50-42-24-16-14-22-36(42)38-26-29-47-40(44(38)50)34-49(31-19-13-18-28-46)35-41-45-39(27-30-48-41)37-23-15-17-25-43(37)51(45)33-21-12-10-8-6-4-2/h14-17,22-27,29-30H,3-13,18-21,28,31-35,46H2,1-2H3. The lowest BCUT2D eigenvalue weighted by atomic mass is 10.1. The van der Waals surface area contributed by atoms with Gasteiger partial charge in [0.2, 0.25) is 0 Å². The first-order chi connectivity index (χ1) is 25.2. The fraction of sp³-hybridized carbons (Fsp3) is 0.511. The lowest BCUT2D eigenvalue weighted by Crippen LogP contribution is -2.26. The molecule has 0 radical (unpaired) electrons. The molecule has 4 aromatic heterocycles. The van der Waals surface area contributed by atoms with Crippen molar-refractivity contribution >= 4 is 43.6 Å². The number of aromatic nitrogens is 4. The predicted molar refractivity (Wildman–Crippen MR) is 218 cm³/mol. The van der Waals surface area contributed by atoms with Gasteiger partial charge in [-0.15, -0.1) is 0 Å². The van der Waals surface area contributed by atoms with Crippen molar-refractivity contribution in [3.05, 3.63) is 84.4 Å². The number of aryl methyl sites for hydroxylation is 2. The van der Waals surface area contributed by atoms with Gasteiger partial charge in [0.1, 0.15) is 0 Å². The van der Waals surface area contributed by atoms with Crippen molar-refractivity contribution in [2.75, 3.05) is 13.1 Å². The second-order valence-corrected chi connectivity index (χ2v) is 14.7. The summed E-state index contributed by atoms with van der Waals surface area (Å²) in [7, 11) is 0. The summed E-state index contributed by atoms with van der Waals surface area (Å²) >= 11 is 0. The molecule has 0 atom stereocenters. The quantitative estimate of drug-likeness (QED) is 0.0681. The molecule has 51 heavy (non-hydrogen) atoms. The molecule has 2 N–H and O–H groups in total. The zero-order valence-corrected chi connectivity index (χ0v) is 31.6. The van der Waals surface area contributed by atoms with Crippen LogP contribution in [0.25, 0.3) is 43.6 Å². The maximum Gasteiger partial charge on any atom is 0.0786 e. The maximum atomic E-state index is 5.93. The summed E-state index contributed by atoms with van der Waals surface area (Å²) in [4.78, 5) is 12.9. The van der Waals surface area contributed by atoms with Crippen LogP contribution in [0.1, 0.15) is 122 Å². The first-order valence-corrected chi connectivity index (χ1v) is 20.4. The predicted octanol–water partition coefficient (Wildman–Crippen LogP) is 11.5. The molecule has 0 unspecified atom stereocenters. The van der Waals surface area contributed by atoms with E-state index in [0.29, 0.717) is 0 Å². The van der Waals surface area contributed by atoms with E-state index in [-0.39, 0.29) is 0 Å². The molecule has 0 bridgehead atoms. The number of benzene rings is 2. The second kappa shape index (κ2) is 19.2. The van der Waals surface area contributed by atoms with Crippen LogP contribution >= 0.6 is 0 Å². The van der Waals surface area contributed by atoms with E-state index in [1.54, 1.807) is 0 Å². The van der Waals surface area contributed by atoms with Crippen LogP contribution in [-0.2, 0) is 26.2 Å². The van der Waals surface area contributed by atoms with Gasteiger partial charge in [0.05, 0.1) is 22.4 Å². The van der Waals surface area contributed by atoms with Crippen LogP contribution in [0.15, 0.2) is 73.1 Å². The van der Waals surface area contributed by atoms with Crippen molar-refractivity contribution < 1.29 is 0 Å². The van der Waals surface area contributed by atoms with Gasteiger partial charge in [0, 0.05) is 71.2 Å². The van der Waals surface area contributed by atoms with Crippen LogP contribution in [0.2, 0.25) is 0 Å². The fourth-order valence-electron chi connectivity index (χ4n) is 8.24. The topological polar surface area (TPSA) is 64.9 Å². The maximum absolute atomic E-state index is 5.93. The minimum Gasteiger partial charge on any atom is -0.339 e. The minimum atomic E-state index is 0.749. The summed E-state index contributed by atoms with van der Waals surface area (Å²) in [6, 6.07) is 22.4. The normalized spacial score (nSPS) is 12.1. The molecular weight excluding hydrogens is 625 g/mol. The van der Waals surface area contributed by atoms with Crippen molar-refractivity contribution in [1.29, 1.82) is 0 Å². The SMILES string of the molecule is CCCCCCCCn1c2ccccc2c2ccnc(CN(CCCCCN)Cc3nccc4c5ccccc5n(CCCCCCCC)c34)c21. The third-order valence-corrected chi connectivity index (χ3v) is 10.9. The average molecular weight is 687 g/mol. The molecule has 6 heteroatoms. The fourth-order valence-corrected chi connectivity index (χ4v) is 8.24. The summed E-state index contributed by atoms with van der Waals surface area (Å²) in [5, 5.41) is 5.32.